The van der Waals surface area contributed by atoms with Crippen molar-refractivity contribution in [2.24, 2.45) is 7.05 Å². The summed E-state index contributed by atoms with van der Waals surface area (Å²) >= 11 is 0. The molecule has 0 saturated carbocycles. The van der Waals surface area contributed by atoms with E-state index in [9.17, 15) is 0 Å². The van der Waals surface area contributed by atoms with E-state index in [1.54, 1.807) is 0 Å². The van der Waals surface area contributed by atoms with E-state index < -0.39 is 0 Å². The SMILES string of the molecule is Cc1cn(-c2ccc3c(ccn3C)c2)c2ccccc12. The first kappa shape index (κ1) is 11.4. The molecule has 2 heteroatoms. The van der Waals surface area contributed by atoms with Gasteiger partial charge in [0.25, 0.3) is 0 Å². The second-order valence-electron chi connectivity index (χ2n) is 5.37. The number of rotatable bonds is 1. The summed E-state index contributed by atoms with van der Waals surface area (Å²) in [6.45, 7) is 2.17. The summed E-state index contributed by atoms with van der Waals surface area (Å²) < 4.78 is 4.43. The van der Waals surface area contributed by atoms with Gasteiger partial charge in [0.05, 0.1) is 5.52 Å². The highest BCUT2D eigenvalue weighted by atomic mass is 15.0. The van der Waals surface area contributed by atoms with Crippen molar-refractivity contribution in [3.8, 4) is 5.69 Å². The number of para-hydroxylation sites is 1. The summed E-state index contributed by atoms with van der Waals surface area (Å²) in [5.41, 5.74) is 5.06. The molecule has 2 nitrogen and oxygen atoms in total. The average molecular weight is 260 g/mol. The fourth-order valence-electron chi connectivity index (χ4n) is 2.98. The monoisotopic (exact) mass is 260 g/mol. The first-order valence-electron chi connectivity index (χ1n) is 6.86. The third kappa shape index (κ3) is 1.51. The Morgan fingerprint density at radius 1 is 0.900 bits per heavy atom. The molecule has 0 aliphatic carbocycles. The second-order valence-corrected chi connectivity index (χ2v) is 5.37. The summed E-state index contributed by atoms with van der Waals surface area (Å²) in [7, 11) is 2.08. The van der Waals surface area contributed by atoms with Crippen LogP contribution in [0.1, 0.15) is 5.56 Å². The number of aryl methyl sites for hydroxylation is 2. The minimum atomic E-state index is 1.22. The van der Waals surface area contributed by atoms with Crippen LogP contribution in [0.15, 0.2) is 60.9 Å². The van der Waals surface area contributed by atoms with Crippen molar-refractivity contribution < 1.29 is 0 Å². The molecule has 2 heterocycles. The highest BCUT2D eigenvalue weighted by Gasteiger charge is 2.07. The Labute approximate surface area is 117 Å². The molecule has 0 fully saturated rings. The number of benzene rings is 2. The van der Waals surface area contributed by atoms with Gasteiger partial charge >= 0.3 is 0 Å². The first-order valence-corrected chi connectivity index (χ1v) is 6.86. The zero-order chi connectivity index (χ0) is 13.7. The summed E-state index contributed by atoms with van der Waals surface area (Å²) in [4.78, 5) is 0. The van der Waals surface area contributed by atoms with Gasteiger partial charge < -0.3 is 9.13 Å². The highest BCUT2D eigenvalue weighted by Crippen LogP contribution is 2.26. The molecule has 4 aromatic rings. The lowest BCUT2D eigenvalue weighted by atomic mass is 10.2. The molecule has 0 atom stereocenters. The highest BCUT2D eigenvalue weighted by molar-refractivity contribution is 5.87. The molecule has 0 bridgehead atoms. The van der Waals surface area contributed by atoms with E-state index in [0.29, 0.717) is 0 Å². The van der Waals surface area contributed by atoms with Crippen LogP contribution < -0.4 is 0 Å². The van der Waals surface area contributed by atoms with E-state index >= 15 is 0 Å². The normalized spacial score (nSPS) is 11.5. The van der Waals surface area contributed by atoms with Crippen LogP contribution in [-0.2, 0) is 7.05 Å². The van der Waals surface area contributed by atoms with Crippen LogP contribution >= 0.6 is 0 Å². The maximum atomic E-state index is 2.27. The maximum absolute atomic E-state index is 2.27. The van der Waals surface area contributed by atoms with Gasteiger partial charge in [-0.25, -0.2) is 0 Å². The number of aromatic nitrogens is 2. The van der Waals surface area contributed by atoms with Crippen LogP contribution in [0.5, 0.6) is 0 Å². The summed E-state index contributed by atoms with van der Waals surface area (Å²) in [5, 5.41) is 2.60. The molecule has 0 radical (unpaired) electrons. The van der Waals surface area contributed by atoms with Gasteiger partial charge in [0.2, 0.25) is 0 Å². The Morgan fingerprint density at radius 2 is 1.75 bits per heavy atom. The summed E-state index contributed by atoms with van der Waals surface area (Å²) in [6.07, 6.45) is 4.32. The molecule has 98 valence electrons. The van der Waals surface area contributed by atoms with Gasteiger partial charge in [-0.2, -0.15) is 0 Å². The Morgan fingerprint density at radius 3 is 2.65 bits per heavy atom. The van der Waals surface area contributed by atoms with Crippen molar-refractivity contribution in [2.45, 2.75) is 6.92 Å². The zero-order valence-electron chi connectivity index (χ0n) is 11.7. The van der Waals surface area contributed by atoms with E-state index in [4.69, 9.17) is 0 Å². The van der Waals surface area contributed by atoms with Gasteiger partial charge in [0.1, 0.15) is 0 Å². The molecule has 0 unspecified atom stereocenters. The predicted octanol–water partition coefficient (Wildman–Crippen LogP) is 4.43. The van der Waals surface area contributed by atoms with Crippen LogP contribution in [0.2, 0.25) is 0 Å². The van der Waals surface area contributed by atoms with E-state index in [1.165, 1.54) is 33.1 Å². The number of fused-ring (bicyclic) bond motifs is 2. The smallest absolute Gasteiger partial charge is 0.0531 e. The lowest BCUT2D eigenvalue weighted by Crippen LogP contribution is -1.92. The van der Waals surface area contributed by atoms with E-state index in [-0.39, 0.29) is 0 Å². The molecular formula is C18H16N2. The maximum Gasteiger partial charge on any atom is 0.0531 e. The third-order valence-electron chi connectivity index (χ3n) is 4.06. The topological polar surface area (TPSA) is 9.86 Å². The molecule has 0 aliphatic rings. The lowest BCUT2D eigenvalue weighted by molar-refractivity contribution is 0.969. The number of nitrogens with zero attached hydrogens (tertiary/aromatic N) is 2. The van der Waals surface area contributed by atoms with Gasteiger partial charge in [-0.1, -0.05) is 18.2 Å². The fraction of sp³-hybridized carbons (Fsp3) is 0.111. The quantitative estimate of drug-likeness (QED) is 0.479. The second kappa shape index (κ2) is 4.01. The van der Waals surface area contributed by atoms with Crippen molar-refractivity contribution in [3.63, 3.8) is 0 Å². The minimum absolute atomic E-state index is 1.22. The largest absolute Gasteiger partial charge is 0.351 e. The molecule has 2 aromatic heterocycles. The molecule has 0 amide bonds. The number of hydrogen-bond donors (Lipinski definition) is 0. The molecule has 0 N–H and O–H groups in total. The van der Waals surface area contributed by atoms with Gasteiger partial charge in [-0.15, -0.1) is 0 Å². The molecule has 0 aliphatic heterocycles. The summed E-state index contributed by atoms with van der Waals surface area (Å²) in [6, 6.07) is 17.3. The van der Waals surface area contributed by atoms with E-state index in [2.05, 4.69) is 84.0 Å². The van der Waals surface area contributed by atoms with Gasteiger partial charge in [-0.3, -0.25) is 0 Å². The molecule has 4 rings (SSSR count). The van der Waals surface area contributed by atoms with Crippen molar-refractivity contribution in [1.82, 2.24) is 9.13 Å². The van der Waals surface area contributed by atoms with Crippen molar-refractivity contribution in [2.75, 3.05) is 0 Å². The van der Waals surface area contributed by atoms with Crippen LogP contribution in [0.25, 0.3) is 27.5 Å². The first-order chi connectivity index (χ1) is 9.74. The number of hydrogen-bond acceptors (Lipinski definition) is 0. The van der Waals surface area contributed by atoms with E-state index in [0.717, 1.165) is 0 Å². The lowest BCUT2D eigenvalue weighted by Gasteiger charge is -2.06. The van der Waals surface area contributed by atoms with Crippen LogP contribution in [-0.4, -0.2) is 9.13 Å². The Bertz CT molecular complexity index is 925. The van der Waals surface area contributed by atoms with Crippen LogP contribution in [0.3, 0.4) is 0 Å². The van der Waals surface area contributed by atoms with Gasteiger partial charge in [-0.05, 0) is 42.8 Å². The van der Waals surface area contributed by atoms with Crippen molar-refractivity contribution in [1.29, 1.82) is 0 Å². The molecule has 0 saturated heterocycles. The van der Waals surface area contributed by atoms with Gasteiger partial charge in [0.15, 0.2) is 0 Å². The zero-order valence-corrected chi connectivity index (χ0v) is 11.7. The predicted molar refractivity (Wildman–Crippen MR) is 84.5 cm³/mol. The standard InChI is InChI=1S/C18H16N2/c1-13-12-20(18-6-4-3-5-16(13)18)15-7-8-17-14(11-15)9-10-19(17)2/h3-12H,1-2H3. The van der Waals surface area contributed by atoms with Crippen LogP contribution in [0.4, 0.5) is 0 Å². The Kier molecular flexibility index (Phi) is 2.27. The molecule has 2 aromatic carbocycles. The Hall–Kier alpha value is -2.48. The third-order valence-corrected chi connectivity index (χ3v) is 4.06. The molecule has 0 spiro atoms. The van der Waals surface area contributed by atoms with Crippen molar-refractivity contribution >= 4 is 21.8 Å². The molecule has 20 heavy (non-hydrogen) atoms. The molecular weight excluding hydrogens is 244 g/mol. The Balaban J connectivity index is 2.01. The van der Waals surface area contributed by atoms with Gasteiger partial charge in [0, 0.05) is 41.4 Å². The fourth-order valence-corrected chi connectivity index (χ4v) is 2.98. The summed E-state index contributed by atoms with van der Waals surface area (Å²) in [5.74, 6) is 0. The average Bonchev–Trinajstić information content (AvgIpc) is 3.01. The minimum Gasteiger partial charge on any atom is -0.351 e. The van der Waals surface area contributed by atoms with E-state index in [1.807, 2.05) is 0 Å². The van der Waals surface area contributed by atoms with Crippen LogP contribution in [0, 0.1) is 6.92 Å². The van der Waals surface area contributed by atoms with Crippen molar-refractivity contribution in [3.05, 3.63) is 66.5 Å².